The van der Waals surface area contributed by atoms with E-state index in [0.29, 0.717) is 6.04 Å². The number of carbonyl (C=O) groups is 1. The van der Waals surface area contributed by atoms with E-state index < -0.39 is 0 Å². The van der Waals surface area contributed by atoms with Crippen molar-refractivity contribution >= 4 is 23.5 Å². The van der Waals surface area contributed by atoms with Crippen LogP contribution in [0, 0.1) is 0 Å². The van der Waals surface area contributed by atoms with E-state index in [2.05, 4.69) is 16.3 Å². The van der Waals surface area contributed by atoms with E-state index in [9.17, 15) is 4.79 Å². The molecule has 24 heavy (non-hydrogen) atoms. The highest BCUT2D eigenvalue weighted by atomic mass is 32.2. The topological polar surface area (TPSA) is 44.8 Å². The number of hydrogen-bond donors (Lipinski definition) is 1. The standard InChI is InChI=1S/C18H27N3O2S/c1-20(15-9-12-24-13-15)18(22)19-14-7-10-21(11-8-14)16-5-3-4-6-17(16)23-2/h3-6,14-15H,7-13H2,1-2H3,(H,19,22)/t15-/m0/s1. The summed E-state index contributed by atoms with van der Waals surface area (Å²) in [5.74, 6) is 3.15. The van der Waals surface area contributed by atoms with Gasteiger partial charge in [-0.25, -0.2) is 4.79 Å². The Morgan fingerprint density at radius 1 is 1.29 bits per heavy atom. The van der Waals surface area contributed by atoms with Crippen molar-refractivity contribution in [2.45, 2.75) is 31.3 Å². The van der Waals surface area contributed by atoms with Crippen molar-refractivity contribution in [2.24, 2.45) is 0 Å². The summed E-state index contributed by atoms with van der Waals surface area (Å²) < 4.78 is 5.46. The molecule has 1 atom stereocenters. The van der Waals surface area contributed by atoms with Gasteiger partial charge in [-0.2, -0.15) is 11.8 Å². The van der Waals surface area contributed by atoms with Crippen molar-refractivity contribution in [3.8, 4) is 5.75 Å². The Bertz CT molecular complexity index is 555. The SMILES string of the molecule is COc1ccccc1N1CCC(NC(=O)N(C)[C@H]2CCSC2)CC1. The Kier molecular flexibility index (Phi) is 5.76. The monoisotopic (exact) mass is 349 g/mol. The molecule has 1 aromatic rings. The highest BCUT2D eigenvalue weighted by molar-refractivity contribution is 7.99. The number of nitrogens with zero attached hydrogens (tertiary/aromatic N) is 2. The smallest absolute Gasteiger partial charge is 0.317 e. The maximum Gasteiger partial charge on any atom is 0.317 e. The lowest BCUT2D eigenvalue weighted by atomic mass is 10.0. The van der Waals surface area contributed by atoms with Crippen LogP contribution >= 0.6 is 11.8 Å². The molecule has 5 nitrogen and oxygen atoms in total. The third-order valence-electron chi connectivity index (χ3n) is 5.02. The van der Waals surface area contributed by atoms with Crippen molar-refractivity contribution < 1.29 is 9.53 Å². The maximum atomic E-state index is 12.4. The molecular formula is C18H27N3O2S. The van der Waals surface area contributed by atoms with Gasteiger partial charge in [0.15, 0.2) is 0 Å². The molecule has 6 heteroatoms. The number of benzene rings is 1. The third kappa shape index (κ3) is 3.91. The minimum absolute atomic E-state index is 0.0817. The fourth-order valence-electron chi connectivity index (χ4n) is 3.43. The van der Waals surface area contributed by atoms with Gasteiger partial charge in [0.2, 0.25) is 0 Å². The summed E-state index contributed by atoms with van der Waals surface area (Å²) in [6.07, 6.45) is 3.05. The maximum absolute atomic E-state index is 12.4. The summed E-state index contributed by atoms with van der Waals surface area (Å²) in [5, 5.41) is 3.22. The van der Waals surface area contributed by atoms with E-state index in [1.54, 1.807) is 7.11 Å². The number of hydrogen-bond acceptors (Lipinski definition) is 4. The van der Waals surface area contributed by atoms with E-state index in [1.165, 1.54) is 5.75 Å². The quantitative estimate of drug-likeness (QED) is 0.908. The van der Waals surface area contributed by atoms with Crippen molar-refractivity contribution in [1.29, 1.82) is 0 Å². The van der Waals surface area contributed by atoms with Crippen LogP contribution in [-0.4, -0.2) is 61.8 Å². The summed E-state index contributed by atoms with van der Waals surface area (Å²) in [6, 6.07) is 8.87. The molecule has 132 valence electrons. The second-order valence-corrected chi connectivity index (χ2v) is 7.66. The first-order valence-electron chi connectivity index (χ1n) is 8.68. The molecule has 3 rings (SSSR count). The first kappa shape index (κ1) is 17.3. The minimum Gasteiger partial charge on any atom is -0.495 e. The van der Waals surface area contributed by atoms with Gasteiger partial charge in [-0.15, -0.1) is 0 Å². The number of ether oxygens (including phenoxy) is 1. The van der Waals surface area contributed by atoms with Crippen LogP contribution in [0.25, 0.3) is 0 Å². The van der Waals surface area contributed by atoms with E-state index in [4.69, 9.17) is 4.74 Å². The second kappa shape index (κ2) is 8.01. The highest BCUT2D eigenvalue weighted by Crippen LogP contribution is 2.30. The van der Waals surface area contributed by atoms with Crippen LogP contribution < -0.4 is 15.0 Å². The molecule has 0 radical (unpaired) electrons. The van der Waals surface area contributed by atoms with Gasteiger partial charge < -0.3 is 19.9 Å². The first-order valence-corrected chi connectivity index (χ1v) is 9.83. The number of thioether (sulfide) groups is 1. The molecule has 2 amide bonds. The van der Waals surface area contributed by atoms with Crippen LogP contribution in [0.15, 0.2) is 24.3 Å². The second-order valence-electron chi connectivity index (χ2n) is 6.51. The van der Waals surface area contributed by atoms with Gasteiger partial charge in [-0.1, -0.05) is 12.1 Å². The minimum atomic E-state index is 0.0817. The first-order chi connectivity index (χ1) is 11.7. The zero-order valence-corrected chi connectivity index (χ0v) is 15.3. The molecule has 0 bridgehead atoms. The molecular weight excluding hydrogens is 322 g/mol. The van der Waals surface area contributed by atoms with Crippen LogP contribution in [0.3, 0.4) is 0 Å². The lowest BCUT2D eigenvalue weighted by Crippen LogP contribution is -2.50. The van der Waals surface area contributed by atoms with E-state index >= 15 is 0 Å². The molecule has 0 aliphatic carbocycles. The number of para-hydroxylation sites is 2. The average Bonchev–Trinajstić information content (AvgIpc) is 3.16. The third-order valence-corrected chi connectivity index (χ3v) is 6.17. The fourth-order valence-corrected chi connectivity index (χ4v) is 4.69. The summed E-state index contributed by atoms with van der Waals surface area (Å²) in [5.41, 5.74) is 1.14. The molecule has 2 aliphatic heterocycles. The predicted octanol–water partition coefficient (Wildman–Crippen LogP) is 2.81. The van der Waals surface area contributed by atoms with Gasteiger partial charge >= 0.3 is 6.03 Å². The Labute approximate surface area is 148 Å². The van der Waals surface area contributed by atoms with Gasteiger partial charge in [0, 0.05) is 38.0 Å². The van der Waals surface area contributed by atoms with Crippen LogP contribution in [0.4, 0.5) is 10.5 Å². The molecule has 1 aromatic carbocycles. The number of piperidine rings is 1. The number of methoxy groups -OCH3 is 1. The van der Waals surface area contributed by atoms with Crippen molar-refractivity contribution in [3.05, 3.63) is 24.3 Å². The van der Waals surface area contributed by atoms with Gasteiger partial charge in [0.25, 0.3) is 0 Å². The summed E-state index contributed by atoms with van der Waals surface area (Å²) >= 11 is 1.94. The Morgan fingerprint density at radius 2 is 2.04 bits per heavy atom. The van der Waals surface area contributed by atoms with E-state index in [-0.39, 0.29) is 12.1 Å². The molecule has 0 unspecified atom stereocenters. The Hall–Kier alpha value is -1.56. The molecule has 2 fully saturated rings. The molecule has 1 N–H and O–H groups in total. The summed E-state index contributed by atoms with van der Waals surface area (Å²) in [4.78, 5) is 16.7. The van der Waals surface area contributed by atoms with Crippen LogP contribution in [0.5, 0.6) is 5.75 Å². The zero-order valence-electron chi connectivity index (χ0n) is 14.5. The number of carbonyl (C=O) groups excluding carboxylic acids is 1. The molecule has 0 spiro atoms. The largest absolute Gasteiger partial charge is 0.495 e. The Balaban J connectivity index is 1.50. The summed E-state index contributed by atoms with van der Waals surface area (Å²) in [7, 11) is 3.64. The number of anilines is 1. The average molecular weight is 350 g/mol. The van der Waals surface area contributed by atoms with Crippen LogP contribution in [0.2, 0.25) is 0 Å². The molecule has 0 aromatic heterocycles. The fraction of sp³-hybridized carbons (Fsp3) is 0.611. The zero-order chi connectivity index (χ0) is 16.9. The van der Waals surface area contributed by atoms with Crippen LogP contribution in [-0.2, 0) is 0 Å². The van der Waals surface area contributed by atoms with Gasteiger partial charge in [0.1, 0.15) is 5.75 Å². The van der Waals surface area contributed by atoms with E-state index in [1.807, 2.05) is 41.9 Å². The number of amides is 2. The van der Waals surface area contributed by atoms with Gasteiger partial charge in [0.05, 0.1) is 12.8 Å². The van der Waals surface area contributed by atoms with Crippen molar-refractivity contribution in [3.63, 3.8) is 0 Å². The highest BCUT2D eigenvalue weighted by Gasteiger charge is 2.27. The predicted molar refractivity (Wildman–Crippen MR) is 100 cm³/mol. The Morgan fingerprint density at radius 3 is 2.71 bits per heavy atom. The van der Waals surface area contributed by atoms with E-state index in [0.717, 1.165) is 49.5 Å². The van der Waals surface area contributed by atoms with Crippen molar-refractivity contribution in [1.82, 2.24) is 10.2 Å². The molecule has 2 heterocycles. The molecule has 0 saturated carbocycles. The normalized spacial score (nSPS) is 21.6. The molecule has 2 saturated heterocycles. The lowest BCUT2D eigenvalue weighted by Gasteiger charge is -2.35. The molecule has 2 aliphatic rings. The van der Waals surface area contributed by atoms with Gasteiger partial charge in [-0.05, 0) is 37.1 Å². The number of nitrogens with one attached hydrogen (secondary N) is 1. The van der Waals surface area contributed by atoms with Crippen LogP contribution in [0.1, 0.15) is 19.3 Å². The number of rotatable bonds is 4. The van der Waals surface area contributed by atoms with Crippen molar-refractivity contribution in [2.75, 3.05) is 43.7 Å². The lowest BCUT2D eigenvalue weighted by molar-refractivity contribution is 0.189. The summed E-state index contributed by atoms with van der Waals surface area (Å²) in [6.45, 7) is 1.88. The number of urea groups is 1. The van der Waals surface area contributed by atoms with Gasteiger partial charge in [-0.3, -0.25) is 0 Å².